The van der Waals surface area contributed by atoms with E-state index in [1.807, 2.05) is 0 Å². The number of hydrogen-bond donors (Lipinski definition) is 1. The normalized spacial score (nSPS) is 11.2. The molecule has 8 heteroatoms. The minimum absolute atomic E-state index is 0.00994. The molecule has 1 N–H and O–H groups in total. The van der Waals surface area contributed by atoms with Crippen molar-refractivity contribution in [3.05, 3.63) is 69.8 Å². The summed E-state index contributed by atoms with van der Waals surface area (Å²) < 4.78 is 5.04. The lowest BCUT2D eigenvalue weighted by Gasteiger charge is -2.13. The molecule has 0 aliphatic rings. The van der Waals surface area contributed by atoms with Crippen molar-refractivity contribution < 1.29 is 24.0 Å². The quantitative estimate of drug-likeness (QED) is 0.373. The summed E-state index contributed by atoms with van der Waals surface area (Å²) in [4.78, 5) is 45.0. The van der Waals surface area contributed by atoms with Gasteiger partial charge >= 0.3 is 5.97 Å². The van der Waals surface area contributed by atoms with Crippen LogP contribution in [0.5, 0.6) is 0 Å². The third-order valence-electron chi connectivity index (χ3n) is 3.29. The molecule has 8 nitrogen and oxygen atoms in total. The van der Waals surface area contributed by atoms with E-state index < -0.39 is 22.9 Å². The Labute approximate surface area is 142 Å². The van der Waals surface area contributed by atoms with E-state index in [-0.39, 0.29) is 16.9 Å². The molecule has 0 saturated carbocycles. The molecule has 25 heavy (non-hydrogen) atoms. The largest absolute Gasteiger partial charge is 0.449 e. The zero-order chi connectivity index (χ0) is 18.4. The maximum absolute atomic E-state index is 12.1. The molecule has 2 rings (SSSR count). The second kappa shape index (κ2) is 7.82. The Kier molecular flexibility index (Phi) is 5.57. The van der Waals surface area contributed by atoms with Crippen LogP contribution in [-0.2, 0) is 9.53 Å². The maximum Gasteiger partial charge on any atom is 0.338 e. The molecule has 0 radical (unpaired) electrons. The fourth-order valence-corrected chi connectivity index (χ4v) is 1.95. The van der Waals surface area contributed by atoms with Crippen LogP contribution in [0.3, 0.4) is 0 Å². The summed E-state index contributed by atoms with van der Waals surface area (Å²) >= 11 is 0. The summed E-state index contributed by atoms with van der Waals surface area (Å²) in [5.74, 6) is -1.45. The van der Waals surface area contributed by atoms with Crippen molar-refractivity contribution in [3.8, 4) is 0 Å². The van der Waals surface area contributed by atoms with Crippen molar-refractivity contribution >= 4 is 29.5 Å². The van der Waals surface area contributed by atoms with Gasteiger partial charge in [-0.1, -0.05) is 24.3 Å². The standard InChI is InChI=1S/C17H14N2O6/c1-11(25-17(22)13-8-6-12(10-20)7-9-13)16(21)18-14-4-2-3-5-15(14)19(23)24/h2-11H,1H3,(H,18,21)/t11-/m0/s1. The number of carbonyl (C=O) groups excluding carboxylic acids is 3. The van der Waals surface area contributed by atoms with Crippen molar-refractivity contribution in [1.82, 2.24) is 0 Å². The predicted molar refractivity (Wildman–Crippen MR) is 88.4 cm³/mol. The van der Waals surface area contributed by atoms with E-state index in [2.05, 4.69) is 5.32 Å². The number of ether oxygens (including phenoxy) is 1. The lowest BCUT2D eigenvalue weighted by atomic mass is 10.1. The molecule has 2 aromatic rings. The Morgan fingerprint density at radius 1 is 1.16 bits per heavy atom. The summed E-state index contributed by atoms with van der Waals surface area (Å²) in [6, 6.07) is 11.3. The second-order valence-electron chi connectivity index (χ2n) is 5.05. The van der Waals surface area contributed by atoms with Crippen LogP contribution in [0.25, 0.3) is 0 Å². The summed E-state index contributed by atoms with van der Waals surface area (Å²) in [5.41, 5.74) is 0.323. The smallest absolute Gasteiger partial charge is 0.338 e. The van der Waals surface area contributed by atoms with Gasteiger partial charge in [0, 0.05) is 11.6 Å². The number of benzene rings is 2. The van der Waals surface area contributed by atoms with Gasteiger partial charge in [0.25, 0.3) is 11.6 Å². The topological polar surface area (TPSA) is 116 Å². The van der Waals surface area contributed by atoms with Crippen LogP contribution in [0.4, 0.5) is 11.4 Å². The summed E-state index contributed by atoms with van der Waals surface area (Å²) in [6.07, 6.45) is -0.532. The molecule has 0 fully saturated rings. The average molecular weight is 342 g/mol. The second-order valence-corrected chi connectivity index (χ2v) is 5.05. The number of nitro groups is 1. The van der Waals surface area contributed by atoms with E-state index in [1.165, 1.54) is 55.5 Å². The fourth-order valence-electron chi connectivity index (χ4n) is 1.95. The number of carbonyl (C=O) groups is 3. The molecular weight excluding hydrogens is 328 g/mol. The van der Waals surface area contributed by atoms with Gasteiger partial charge in [-0.05, 0) is 25.1 Å². The highest BCUT2D eigenvalue weighted by atomic mass is 16.6. The minimum atomic E-state index is -1.17. The highest BCUT2D eigenvalue weighted by Gasteiger charge is 2.22. The molecule has 0 bridgehead atoms. The molecule has 2 aromatic carbocycles. The Bertz CT molecular complexity index is 816. The first kappa shape index (κ1) is 17.8. The van der Waals surface area contributed by atoms with Gasteiger partial charge in [-0.15, -0.1) is 0 Å². The molecule has 0 aromatic heterocycles. The van der Waals surface area contributed by atoms with E-state index in [0.717, 1.165) is 0 Å². The fraction of sp³-hybridized carbons (Fsp3) is 0.118. The van der Waals surface area contributed by atoms with Crippen molar-refractivity contribution in [2.75, 3.05) is 5.32 Å². The molecule has 0 heterocycles. The number of para-hydroxylation sites is 2. The summed E-state index contributed by atoms with van der Waals surface area (Å²) in [5, 5.41) is 13.3. The molecule has 0 spiro atoms. The molecule has 0 aliphatic carbocycles. The van der Waals surface area contributed by atoms with E-state index in [0.29, 0.717) is 11.8 Å². The minimum Gasteiger partial charge on any atom is -0.449 e. The lowest BCUT2D eigenvalue weighted by Crippen LogP contribution is -2.30. The summed E-state index contributed by atoms with van der Waals surface area (Å²) in [6.45, 7) is 1.35. The first-order valence-corrected chi connectivity index (χ1v) is 7.23. The number of anilines is 1. The molecule has 0 aliphatic heterocycles. The van der Waals surface area contributed by atoms with E-state index in [1.54, 1.807) is 0 Å². The SMILES string of the molecule is C[C@H](OC(=O)c1ccc(C=O)cc1)C(=O)Nc1ccccc1[N+](=O)[O-]. The van der Waals surface area contributed by atoms with Gasteiger partial charge in [0.15, 0.2) is 6.10 Å². The molecule has 1 atom stereocenters. The molecule has 0 unspecified atom stereocenters. The van der Waals surface area contributed by atoms with E-state index in [4.69, 9.17) is 4.74 Å². The predicted octanol–water partition coefficient (Wildman–Crippen LogP) is 2.59. The molecule has 0 saturated heterocycles. The van der Waals surface area contributed by atoms with Crippen LogP contribution in [0.1, 0.15) is 27.6 Å². The third kappa shape index (κ3) is 4.47. The highest BCUT2D eigenvalue weighted by molar-refractivity contribution is 5.98. The van der Waals surface area contributed by atoms with Gasteiger partial charge in [-0.25, -0.2) is 4.79 Å². The molecule has 128 valence electrons. The number of esters is 1. The number of nitrogens with one attached hydrogen (secondary N) is 1. The van der Waals surface area contributed by atoms with Crippen LogP contribution in [0.15, 0.2) is 48.5 Å². The Hall–Kier alpha value is -3.55. The number of amides is 1. The van der Waals surface area contributed by atoms with Crippen molar-refractivity contribution in [3.63, 3.8) is 0 Å². The molecule has 1 amide bonds. The van der Waals surface area contributed by atoms with Crippen LogP contribution in [0, 0.1) is 10.1 Å². The van der Waals surface area contributed by atoms with Crippen LogP contribution < -0.4 is 5.32 Å². The van der Waals surface area contributed by atoms with Gasteiger partial charge in [0.05, 0.1) is 10.5 Å². The van der Waals surface area contributed by atoms with Crippen LogP contribution in [0.2, 0.25) is 0 Å². The van der Waals surface area contributed by atoms with Crippen LogP contribution >= 0.6 is 0 Å². The van der Waals surface area contributed by atoms with E-state index in [9.17, 15) is 24.5 Å². The average Bonchev–Trinajstić information content (AvgIpc) is 2.61. The van der Waals surface area contributed by atoms with Gasteiger partial charge in [-0.2, -0.15) is 0 Å². The first-order valence-electron chi connectivity index (χ1n) is 7.23. The number of aldehydes is 1. The van der Waals surface area contributed by atoms with Gasteiger partial charge in [0.2, 0.25) is 0 Å². The zero-order valence-electron chi connectivity index (χ0n) is 13.2. The van der Waals surface area contributed by atoms with Crippen molar-refractivity contribution in [1.29, 1.82) is 0 Å². The number of nitrogens with zero attached hydrogens (tertiary/aromatic N) is 1. The number of nitro benzene ring substituents is 1. The maximum atomic E-state index is 12.1. The number of hydrogen-bond acceptors (Lipinski definition) is 6. The van der Waals surface area contributed by atoms with Crippen LogP contribution in [-0.4, -0.2) is 29.2 Å². The van der Waals surface area contributed by atoms with Gasteiger partial charge < -0.3 is 10.1 Å². The molecular formula is C17H14N2O6. The number of rotatable bonds is 6. The Balaban J connectivity index is 2.03. The summed E-state index contributed by atoms with van der Waals surface area (Å²) in [7, 11) is 0. The first-order chi connectivity index (χ1) is 11.9. The Morgan fingerprint density at radius 2 is 1.80 bits per heavy atom. The van der Waals surface area contributed by atoms with Gasteiger partial charge in [0.1, 0.15) is 12.0 Å². The van der Waals surface area contributed by atoms with Gasteiger partial charge in [-0.3, -0.25) is 19.7 Å². The monoisotopic (exact) mass is 342 g/mol. The highest BCUT2D eigenvalue weighted by Crippen LogP contribution is 2.23. The van der Waals surface area contributed by atoms with Crippen molar-refractivity contribution in [2.24, 2.45) is 0 Å². The zero-order valence-corrected chi connectivity index (χ0v) is 13.2. The third-order valence-corrected chi connectivity index (χ3v) is 3.29. The lowest BCUT2D eigenvalue weighted by molar-refractivity contribution is -0.383. The van der Waals surface area contributed by atoms with Crippen molar-refractivity contribution in [2.45, 2.75) is 13.0 Å². The van der Waals surface area contributed by atoms with E-state index >= 15 is 0 Å². The Morgan fingerprint density at radius 3 is 2.40 bits per heavy atom.